The second-order valence-corrected chi connectivity index (χ2v) is 4.70. The Kier molecular flexibility index (Phi) is 4.02. The number of aldehydes is 1. The zero-order chi connectivity index (χ0) is 12.3. The molecule has 1 fully saturated rings. The van der Waals surface area contributed by atoms with Crippen LogP contribution in [0.15, 0.2) is 18.2 Å². The molecule has 1 saturated heterocycles. The third-order valence-corrected chi connectivity index (χ3v) is 3.40. The molecule has 1 atom stereocenters. The van der Waals surface area contributed by atoms with Crippen LogP contribution in [0, 0.1) is 0 Å². The van der Waals surface area contributed by atoms with E-state index in [4.69, 9.17) is 16.3 Å². The standard InChI is InChI=1S/C13H16ClNO2/c1-17-12-3-2-6-15(8-12)13-5-4-11(14)7-10(13)9-16/h4-5,7,9,12H,2-3,6,8H2,1H3. The van der Waals surface area contributed by atoms with Crippen molar-refractivity contribution in [1.82, 2.24) is 0 Å². The van der Waals surface area contributed by atoms with Crippen molar-refractivity contribution in [1.29, 1.82) is 0 Å². The van der Waals surface area contributed by atoms with Crippen molar-refractivity contribution in [2.75, 3.05) is 25.1 Å². The number of rotatable bonds is 3. The third kappa shape index (κ3) is 2.79. The molecule has 0 amide bonds. The molecule has 1 unspecified atom stereocenters. The van der Waals surface area contributed by atoms with Crippen LogP contribution in [0.5, 0.6) is 0 Å². The number of hydrogen-bond acceptors (Lipinski definition) is 3. The van der Waals surface area contributed by atoms with Crippen molar-refractivity contribution in [3.05, 3.63) is 28.8 Å². The van der Waals surface area contributed by atoms with E-state index >= 15 is 0 Å². The molecule has 0 spiro atoms. The maximum absolute atomic E-state index is 11.1. The first-order valence-electron chi connectivity index (χ1n) is 5.77. The normalized spacial score (nSPS) is 20.4. The van der Waals surface area contributed by atoms with Gasteiger partial charge in [-0.25, -0.2) is 0 Å². The predicted octanol–water partition coefficient (Wildman–Crippen LogP) is 2.77. The van der Waals surface area contributed by atoms with Crippen molar-refractivity contribution in [2.45, 2.75) is 18.9 Å². The zero-order valence-corrected chi connectivity index (χ0v) is 10.6. The minimum atomic E-state index is 0.249. The van der Waals surface area contributed by atoms with Gasteiger partial charge in [-0.3, -0.25) is 4.79 Å². The number of methoxy groups -OCH3 is 1. The summed E-state index contributed by atoms with van der Waals surface area (Å²) < 4.78 is 5.38. The Morgan fingerprint density at radius 1 is 1.53 bits per heavy atom. The lowest BCUT2D eigenvalue weighted by molar-refractivity contribution is 0.0892. The minimum absolute atomic E-state index is 0.249. The summed E-state index contributed by atoms with van der Waals surface area (Å²) in [6.07, 6.45) is 3.27. The summed E-state index contributed by atoms with van der Waals surface area (Å²) in [5.74, 6) is 0. The average Bonchev–Trinajstić information content (AvgIpc) is 2.38. The summed E-state index contributed by atoms with van der Waals surface area (Å²) in [4.78, 5) is 13.2. The van der Waals surface area contributed by atoms with Gasteiger partial charge >= 0.3 is 0 Å². The lowest BCUT2D eigenvalue weighted by Crippen LogP contribution is -2.39. The number of anilines is 1. The first kappa shape index (κ1) is 12.4. The quantitative estimate of drug-likeness (QED) is 0.776. The summed E-state index contributed by atoms with van der Waals surface area (Å²) >= 11 is 5.89. The third-order valence-electron chi connectivity index (χ3n) is 3.17. The Labute approximate surface area is 106 Å². The maximum Gasteiger partial charge on any atom is 0.152 e. The molecular weight excluding hydrogens is 238 g/mol. The van der Waals surface area contributed by atoms with E-state index in [-0.39, 0.29) is 6.10 Å². The molecule has 1 aromatic rings. The van der Waals surface area contributed by atoms with Crippen LogP contribution in [0.25, 0.3) is 0 Å². The van der Waals surface area contributed by atoms with Gasteiger partial charge in [-0.15, -0.1) is 0 Å². The molecule has 1 aliphatic rings. The molecule has 0 N–H and O–H groups in total. The second-order valence-electron chi connectivity index (χ2n) is 4.27. The van der Waals surface area contributed by atoms with Crippen LogP contribution in [0.1, 0.15) is 23.2 Å². The topological polar surface area (TPSA) is 29.5 Å². The summed E-state index contributed by atoms with van der Waals surface area (Å²) in [5, 5.41) is 0.594. The Morgan fingerprint density at radius 2 is 2.35 bits per heavy atom. The van der Waals surface area contributed by atoms with E-state index in [1.165, 1.54) is 0 Å². The van der Waals surface area contributed by atoms with Crippen molar-refractivity contribution in [3.8, 4) is 0 Å². The Bertz CT molecular complexity index is 408. The molecule has 17 heavy (non-hydrogen) atoms. The highest BCUT2D eigenvalue weighted by Gasteiger charge is 2.21. The van der Waals surface area contributed by atoms with E-state index in [9.17, 15) is 4.79 Å². The average molecular weight is 254 g/mol. The first-order chi connectivity index (χ1) is 8.24. The number of benzene rings is 1. The van der Waals surface area contributed by atoms with E-state index in [1.54, 1.807) is 13.2 Å². The van der Waals surface area contributed by atoms with Crippen molar-refractivity contribution in [2.24, 2.45) is 0 Å². The maximum atomic E-state index is 11.1. The van der Waals surface area contributed by atoms with Gasteiger partial charge in [-0.1, -0.05) is 11.6 Å². The van der Waals surface area contributed by atoms with Gasteiger partial charge in [-0.05, 0) is 31.0 Å². The number of piperidine rings is 1. The smallest absolute Gasteiger partial charge is 0.152 e. The highest BCUT2D eigenvalue weighted by molar-refractivity contribution is 6.31. The Morgan fingerprint density at radius 3 is 3.06 bits per heavy atom. The van der Waals surface area contributed by atoms with E-state index < -0.39 is 0 Å². The lowest BCUT2D eigenvalue weighted by Gasteiger charge is -2.34. The van der Waals surface area contributed by atoms with Crippen LogP contribution >= 0.6 is 11.6 Å². The fraction of sp³-hybridized carbons (Fsp3) is 0.462. The summed E-state index contributed by atoms with van der Waals surface area (Å²) in [6.45, 7) is 1.79. The molecule has 92 valence electrons. The van der Waals surface area contributed by atoms with E-state index in [2.05, 4.69) is 4.90 Å². The van der Waals surface area contributed by atoms with Crippen LogP contribution in [-0.4, -0.2) is 32.6 Å². The summed E-state index contributed by atoms with van der Waals surface area (Å²) in [5.41, 5.74) is 1.60. The second kappa shape index (κ2) is 5.52. The largest absolute Gasteiger partial charge is 0.380 e. The van der Waals surface area contributed by atoms with Crippen LogP contribution in [-0.2, 0) is 4.74 Å². The van der Waals surface area contributed by atoms with Gasteiger partial charge in [0, 0.05) is 36.5 Å². The molecule has 0 bridgehead atoms. The summed E-state index contributed by atoms with van der Waals surface area (Å²) in [7, 11) is 1.73. The fourth-order valence-corrected chi connectivity index (χ4v) is 2.44. The van der Waals surface area contributed by atoms with Crippen LogP contribution in [0.2, 0.25) is 5.02 Å². The van der Waals surface area contributed by atoms with Crippen LogP contribution < -0.4 is 4.90 Å². The highest BCUT2D eigenvalue weighted by atomic mass is 35.5. The van der Waals surface area contributed by atoms with Gasteiger partial charge in [0.25, 0.3) is 0 Å². The highest BCUT2D eigenvalue weighted by Crippen LogP contribution is 2.26. The van der Waals surface area contributed by atoms with Crippen molar-refractivity contribution in [3.63, 3.8) is 0 Å². The van der Waals surface area contributed by atoms with Gasteiger partial charge < -0.3 is 9.64 Å². The molecule has 0 aromatic heterocycles. The molecule has 3 nitrogen and oxygen atoms in total. The molecule has 0 radical (unpaired) electrons. The number of ether oxygens (including phenoxy) is 1. The zero-order valence-electron chi connectivity index (χ0n) is 9.86. The minimum Gasteiger partial charge on any atom is -0.380 e. The number of carbonyl (C=O) groups is 1. The van der Waals surface area contributed by atoms with Gasteiger partial charge in [0.1, 0.15) is 0 Å². The van der Waals surface area contributed by atoms with Gasteiger partial charge in [-0.2, -0.15) is 0 Å². The molecule has 0 aliphatic carbocycles. The molecule has 1 aromatic carbocycles. The number of nitrogens with zero attached hydrogens (tertiary/aromatic N) is 1. The molecule has 4 heteroatoms. The first-order valence-corrected chi connectivity index (χ1v) is 6.15. The Hall–Kier alpha value is -1.06. The van der Waals surface area contributed by atoms with Crippen LogP contribution in [0.4, 0.5) is 5.69 Å². The van der Waals surface area contributed by atoms with Gasteiger partial charge in [0.2, 0.25) is 0 Å². The van der Waals surface area contributed by atoms with Gasteiger partial charge in [0.15, 0.2) is 6.29 Å². The molecular formula is C13H16ClNO2. The van der Waals surface area contributed by atoms with Crippen LogP contribution in [0.3, 0.4) is 0 Å². The van der Waals surface area contributed by atoms with E-state index in [1.807, 2.05) is 12.1 Å². The van der Waals surface area contributed by atoms with Gasteiger partial charge in [0.05, 0.1) is 6.10 Å². The lowest BCUT2D eigenvalue weighted by atomic mass is 10.1. The van der Waals surface area contributed by atoms with Crippen molar-refractivity contribution < 1.29 is 9.53 Å². The molecule has 1 aliphatic heterocycles. The fourth-order valence-electron chi connectivity index (χ4n) is 2.26. The molecule has 2 rings (SSSR count). The Balaban J connectivity index is 2.23. The predicted molar refractivity (Wildman–Crippen MR) is 69.1 cm³/mol. The number of halogens is 1. The number of carbonyl (C=O) groups excluding carboxylic acids is 1. The monoisotopic (exact) mass is 253 g/mol. The summed E-state index contributed by atoms with van der Waals surface area (Å²) in [6, 6.07) is 5.44. The molecule has 1 heterocycles. The molecule has 0 saturated carbocycles. The van der Waals surface area contributed by atoms with E-state index in [0.29, 0.717) is 10.6 Å². The van der Waals surface area contributed by atoms with Crippen molar-refractivity contribution >= 4 is 23.6 Å². The van der Waals surface area contributed by atoms with E-state index in [0.717, 1.165) is 37.9 Å². The number of hydrogen-bond donors (Lipinski definition) is 0. The SMILES string of the molecule is COC1CCCN(c2ccc(Cl)cc2C=O)C1.